The number of benzene rings is 2. The van der Waals surface area contributed by atoms with E-state index in [0.29, 0.717) is 6.42 Å². The minimum Gasteiger partial charge on any atom is -0.497 e. The van der Waals surface area contributed by atoms with Crippen LogP contribution in [0.25, 0.3) is 11.1 Å². The van der Waals surface area contributed by atoms with Crippen molar-refractivity contribution in [2.75, 3.05) is 13.7 Å². The summed E-state index contributed by atoms with van der Waals surface area (Å²) in [5, 5.41) is 8.96. The van der Waals surface area contributed by atoms with E-state index >= 15 is 0 Å². The van der Waals surface area contributed by atoms with Crippen molar-refractivity contribution in [3.63, 3.8) is 0 Å². The highest BCUT2D eigenvalue weighted by atomic mass is 35.5. The van der Waals surface area contributed by atoms with Gasteiger partial charge in [-0.1, -0.05) is 30.3 Å². The Balaban J connectivity index is 0.00000200. The van der Waals surface area contributed by atoms with Crippen LogP contribution in [0.1, 0.15) is 18.0 Å². The molecule has 2 aromatic carbocycles. The molecule has 20 heavy (non-hydrogen) atoms. The van der Waals surface area contributed by atoms with Crippen LogP contribution in [0.5, 0.6) is 5.75 Å². The predicted octanol–water partition coefficient (Wildman–Crippen LogP) is 3.17. The van der Waals surface area contributed by atoms with Gasteiger partial charge in [-0.15, -0.1) is 12.4 Å². The summed E-state index contributed by atoms with van der Waals surface area (Å²) in [6.45, 7) is 0.102. The first-order chi connectivity index (χ1) is 9.24. The van der Waals surface area contributed by atoms with Gasteiger partial charge in [0.1, 0.15) is 5.75 Å². The maximum Gasteiger partial charge on any atom is 0.119 e. The third kappa shape index (κ3) is 3.97. The number of aliphatic hydroxyl groups is 1. The second-order valence-corrected chi connectivity index (χ2v) is 4.48. The van der Waals surface area contributed by atoms with Crippen molar-refractivity contribution >= 4 is 12.4 Å². The maximum atomic E-state index is 8.96. The number of nitrogens with two attached hydrogens (primary N) is 1. The smallest absolute Gasteiger partial charge is 0.119 e. The van der Waals surface area contributed by atoms with Crippen LogP contribution >= 0.6 is 12.4 Å². The van der Waals surface area contributed by atoms with Crippen molar-refractivity contribution in [2.45, 2.75) is 12.5 Å². The number of aliphatic hydroxyl groups excluding tert-OH is 1. The van der Waals surface area contributed by atoms with Gasteiger partial charge < -0.3 is 15.6 Å². The highest BCUT2D eigenvalue weighted by molar-refractivity contribution is 5.85. The number of hydrogen-bond acceptors (Lipinski definition) is 3. The Morgan fingerprint density at radius 2 is 1.75 bits per heavy atom. The monoisotopic (exact) mass is 293 g/mol. The molecule has 0 aliphatic rings. The van der Waals surface area contributed by atoms with E-state index in [1.165, 1.54) is 0 Å². The number of halogens is 1. The van der Waals surface area contributed by atoms with Crippen molar-refractivity contribution in [3.8, 4) is 16.9 Å². The molecule has 0 saturated carbocycles. The van der Waals surface area contributed by atoms with E-state index in [1.54, 1.807) is 7.11 Å². The Morgan fingerprint density at radius 1 is 1.10 bits per heavy atom. The molecule has 0 aliphatic carbocycles. The second kappa shape index (κ2) is 7.90. The predicted molar refractivity (Wildman–Crippen MR) is 84.3 cm³/mol. The van der Waals surface area contributed by atoms with Crippen LogP contribution in [0, 0.1) is 0 Å². The van der Waals surface area contributed by atoms with Gasteiger partial charge in [-0.2, -0.15) is 0 Å². The molecule has 2 aromatic rings. The molecule has 1 atom stereocenters. The van der Waals surface area contributed by atoms with Crippen molar-refractivity contribution in [2.24, 2.45) is 5.73 Å². The molecule has 0 saturated heterocycles. The lowest BCUT2D eigenvalue weighted by atomic mass is 9.98. The van der Waals surface area contributed by atoms with Gasteiger partial charge in [-0.05, 0) is 41.3 Å². The van der Waals surface area contributed by atoms with Gasteiger partial charge in [0.05, 0.1) is 7.11 Å². The molecular formula is C16H20ClNO2. The highest BCUT2D eigenvalue weighted by Crippen LogP contribution is 2.26. The molecule has 0 spiro atoms. The Labute approximate surface area is 125 Å². The summed E-state index contributed by atoms with van der Waals surface area (Å²) < 4.78 is 5.23. The van der Waals surface area contributed by atoms with Crippen LogP contribution in [0.2, 0.25) is 0 Å². The molecule has 0 bridgehead atoms. The second-order valence-electron chi connectivity index (χ2n) is 4.48. The lowest BCUT2D eigenvalue weighted by molar-refractivity contribution is 0.276. The summed E-state index contributed by atoms with van der Waals surface area (Å²) in [5.41, 5.74) is 9.26. The van der Waals surface area contributed by atoms with Crippen molar-refractivity contribution < 1.29 is 9.84 Å². The van der Waals surface area contributed by atoms with Gasteiger partial charge in [0.2, 0.25) is 0 Å². The first kappa shape index (κ1) is 16.5. The Kier molecular flexibility index (Phi) is 6.52. The number of ether oxygens (including phenoxy) is 1. The molecule has 0 aromatic heterocycles. The van der Waals surface area contributed by atoms with Gasteiger partial charge in [-0.25, -0.2) is 0 Å². The summed E-state index contributed by atoms with van der Waals surface area (Å²) in [6, 6.07) is 15.9. The third-order valence-corrected chi connectivity index (χ3v) is 3.16. The number of methoxy groups -OCH3 is 1. The van der Waals surface area contributed by atoms with Gasteiger partial charge in [0.25, 0.3) is 0 Å². The van der Waals surface area contributed by atoms with E-state index in [0.717, 1.165) is 22.4 Å². The van der Waals surface area contributed by atoms with Gasteiger partial charge >= 0.3 is 0 Å². The van der Waals surface area contributed by atoms with E-state index in [2.05, 4.69) is 6.07 Å². The van der Waals surface area contributed by atoms with Crippen molar-refractivity contribution in [1.82, 2.24) is 0 Å². The van der Waals surface area contributed by atoms with E-state index in [-0.39, 0.29) is 25.1 Å². The van der Waals surface area contributed by atoms with Gasteiger partial charge in [-0.3, -0.25) is 0 Å². The van der Waals surface area contributed by atoms with Crippen LogP contribution in [0.15, 0.2) is 48.5 Å². The van der Waals surface area contributed by atoms with Crippen LogP contribution in [0.4, 0.5) is 0 Å². The zero-order valence-corrected chi connectivity index (χ0v) is 12.3. The summed E-state index contributed by atoms with van der Waals surface area (Å²) in [7, 11) is 1.66. The molecule has 0 amide bonds. The molecule has 0 aliphatic heterocycles. The van der Waals surface area contributed by atoms with E-state index in [1.807, 2.05) is 42.5 Å². The average molecular weight is 294 g/mol. The SMILES string of the molecule is COc1cccc(-c2cccc(C(N)CCO)c2)c1.Cl. The zero-order valence-electron chi connectivity index (χ0n) is 11.5. The van der Waals surface area contributed by atoms with Crippen molar-refractivity contribution in [1.29, 1.82) is 0 Å². The molecule has 1 unspecified atom stereocenters. The summed E-state index contributed by atoms with van der Waals surface area (Å²) >= 11 is 0. The summed E-state index contributed by atoms with van der Waals surface area (Å²) in [6.07, 6.45) is 0.571. The summed E-state index contributed by atoms with van der Waals surface area (Å²) in [4.78, 5) is 0. The van der Waals surface area contributed by atoms with Crippen LogP contribution < -0.4 is 10.5 Å². The molecule has 0 fully saturated rings. The standard InChI is InChI=1S/C16H19NO2.ClH/c1-19-15-7-3-5-13(11-15)12-4-2-6-14(10-12)16(17)8-9-18;/h2-7,10-11,16,18H,8-9,17H2,1H3;1H. The lowest BCUT2D eigenvalue weighted by Gasteiger charge is -2.12. The molecule has 3 nitrogen and oxygen atoms in total. The third-order valence-electron chi connectivity index (χ3n) is 3.16. The summed E-state index contributed by atoms with van der Waals surface area (Å²) in [5.74, 6) is 0.836. The average Bonchev–Trinajstić information content (AvgIpc) is 2.48. The van der Waals surface area contributed by atoms with E-state index in [9.17, 15) is 0 Å². The van der Waals surface area contributed by atoms with E-state index < -0.39 is 0 Å². The first-order valence-electron chi connectivity index (χ1n) is 6.35. The lowest BCUT2D eigenvalue weighted by Crippen LogP contribution is -2.11. The normalized spacial score (nSPS) is 11.6. The van der Waals surface area contributed by atoms with Crippen LogP contribution in [-0.4, -0.2) is 18.8 Å². The molecule has 4 heteroatoms. The Morgan fingerprint density at radius 3 is 2.40 bits per heavy atom. The number of rotatable bonds is 5. The topological polar surface area (TPSA) is 55.5 Å². The van der Waals surface area contributed by atoms with Gasteiger partial charge in [0.15, 0.2) is 0 Å². The van der Waals surface area contributed by atoms with Crippen molar-refractivity contribution in [3.05, 3.63) is 54.1 Å². The molecule has 0 radical (unpaired) electrons. The Bertz CT molecular complexity index is 546. The van der Waals surface area contributed by atoms with Crippen LogP contribution in [-0.2, 0) is 0 Å². The molecule has 2 rings (SSSR count). The molecule has 3 N–H and O–H groups in total. The fourth-order valence-corrected chi connectivity index (χ4v) is 2.06. The fourth-order valence-electron chi connectivity index (χ4n) is 2.06. The quantitative estimate of drug-likeness (QED) is 0.890. The first-order valence-corrected chi connectivity index (χ1v) is 6.35. The van der Waals surface area contributed by atoms with Gasteiger partial charge in [0, 0.05) is 12.6 Å². The zero-order chi connectivity index (χ0) is 13.7. The minimum atomic E-state index is -0.129. The molecule has 108 valence electrons. The highest BCUT2D eigenvalue weighted by Gasteiger charge is 2.07. The molecular weight excluding hydrogens is 274 g/mol. The maximum absolute atomic E-state index is 8.96. The minimum absolute atomic E-state index is 0. The number of hydrogen-bond donors (Lipinski definition) is 2. The van der Waals surface area contributed by atoms with Crippen LogP contribution in [0.3, 0.4) is 0 Å². The van der Waals surface area contributed by atoms with E-state index in [4.69, 9.17) is 15.6 Å². The Hall–Kier alpha value is -1.55. The largest absolute Gasteiger partial charge is 0.497 e. The molecule has 0 heterocycles. The fraction of sp³-hybridized carbons (Fsp3) is 0.250.